The van der Waals surface area contributed by atoms with E-state index in [9.17, 15) is 10.1 Å². The fourth-order valence-corrected chi connectivity index (χ4v) is 1.78. The quantitative estimate of drug-likeness (QED) is 0.492. The first-order chi connectivity index (χ1) is 8.10. The first kappa shape index (κ1) is 13.4. The Bertz CT molecular complexity index is 471. The molecule has 0 aliphatic rings. The number of nitrogens with one attached hydrogen (secondary N) is 1. The van der Waals surface area contributed by atoms with Gasteiger partial charge in [-0.25, -0.2) is 0 Å². The van der Waals surface area contributed by atoms with Crippen LogP contribution in [0.1, 0.15) is 12.0 Å². The Morgan fingerprint density at radius 1 is 1.59 bits per heavy atom. The van der Waals surface area contributed by atoms with Crippen molar-refractivity contribution in [1.82, 2.24) is 0 Å². The van der Waals surface area contributed by atoms with Gasteiger partial charge in [-0.3, -0.25) is 10.1 Å². The van der Waals surface area contributed by atoms with Crippen LogP contribution in [0, 0.1) is 21.4 Å². The SMILES string of the molecule is N#Cc1cc(Br)cc(NCCCO)c1[N+](=O)[O-]. The Hall–Kier alpha value is -1.65. The lowest BCUT2D eigenvalue weighted by Crippen LogP contribution is -2.07. The van der Waals surface area contributed by atoms with Gasteiger partial charge < -0.3 is 10.4 Å². The molecule has 17 heavy (non-hydrogen) atoms. The number of halogens is 1. The third-order valence-corrected chi connectivity index (χ3v) is 2.49. The van der Waals surface area contributed by atoms with Crippen LogP contribution in [0.2, 0.25) is 0 Å². The van der Waals surface area contributed by atoms with E-state index in [1.165, 1.54) is 12.1 Å². The summed E-state index contributed by atoms with van der Waals surface area (Å²) in [6.07, 6.45) is 0.478. The van der Waals surface area contributed by atoms with Gasteiger partial charge in [-0.15, -0.1) is 0 Å². The second kappa shape index (κ2) is 6.18. The smallest absolute Gasteiger partial charge is 0.310 e. The second-order valence-corrected chi connectivity index (χ2v) is 4.14. The highest BCUT2D eigenvalue weighted by atomic mass is 79.9. The number of aliphatic hydroxyl groups is 1. The summed E-state index contributed by atoms with van der Waals surface area (Å²) in [6, 6.07) is 4.72. The number of anilines is 1. The van der Waals surface area contributed by atoms with Crippen molar-refractivity contribution in [2.45, 2.75) is 6.42 Å². The summed E-state index contributed by atoms with van der Waals surface area (Å²) < 4.78 is 0.589. The third kappa shape index (κ3) is 3.41. The van der Waals surface area contributed by atoms with Crippen LogP contribution in [0.3, 0.4) is 0 Å². The molecule has 6 nitrogen and oxygen atoms in total. The molecule has 0 aliphatic carbocycles. The van der Waals surface area contributed by atoms with Crippen LogP contribution >= 0.6 is 15.9 Å². The average molecular weight is 300 g/mol. The normalized spacial score (nSPS) is 9.71. The fourth-order valence-electron chi connectivity index (χ4n) is 1.32. The predicted molar refractivity (Wildman–Crippen MR) is 65.7 cm³/mol. The van der Waals surface area contributed by atoms with Gasteiger partial charge in [0.1, 0.15) is 17.3 Å². The lowest BCUT2D eigenvalue weighted by Gasteiger charge is -2.07. The Kier molecular flexibility index (Phi) is 4.87. The molecule has 0 aliphatic heterocycles. The van der Waals surface area contributed by atoms with Gasteiger partial charge in [0.2, 0.25) is 0 Å². The predicted octanol–water partition coefficient (Wildman–Crippen LogP) is 2.02. The highest BCUT2D eigenvalue weighted by Crippen LogP contribution is 2.32. The van der Waals surface area contributed by atoms with Crippen LogP contribution in [0.4, 0.5) is 11.4 Å². The van der Waals surface area contributed by atoms with Crippen molar-refractivity contribution in [2.24, 2.45) is 0 Å². The van der Waals surface area contributed by atoms with Gasteiger partial charge in [-0.05, 0) is 18.6 Å². The van der Waals surface area contributed by atoms with E-state index >= 15 is 0 Å². The zero-order valence-corrected chi connectivity index (χ0v) is 10.4. The summed E-state index contributed by atoms with van der Waals surface area (Å²) in [5, 5.41) is 31.2. The molecule has 2 N–H and O–H groups in total. The summed E-state index contributed by atoms with van der Waals surface area (Å²) in [6.45, 7) is 0.401. The number of hydrogen-bond donors (Lipinski definition) is 2. The molecular formula is C10H10BrN3O3. The molecule has 0 heterocycles. The van der Waals surface area contributed by atoms with Gasteiger partial charge >= 0.3 is 5.69 Å². The molecule has 0 saturated carbocycles. The van der Waals surface area contributed by atoms with Gasteiger partial charge in [0.25, 0.3) is 0 Å². The molecule has 0 fully saturated rings. The van der Waals surface area contributed by atoms with Crippen LogP contribution in [0.5, 0.6) is 0 Å². The maximum atomic E-state index is 10.9. The standard InChI is InChI=1S/C10H10BrN3O3/c11-8-4-7(6-12)10(14(16)17)9(5-8)13-2-1-3-15/h4-5,13,15H,1-3H2. The third-order valence-electron chi connectivity index (χ3n) is 2.03. The maximum absolute atomic E-state index is 10.9. The molecule has 0 atom stereocenters. The first-order valence-electron chi connectivity index (χ1n) is 4.83. The summed E-state index contributed by atoms with van der Waals surface area (Å²) in [5.41, 5.74) is 0.0267. The van der Waals surface area contributed by atoms with E-state index in [-0.39, 0.29) is 23.5 Å². The van der Waals surface area contributed by atoms with E-state index in [0.717, 1.165) is 0 Å². The minimum atomic E-state index is -0.591. The molecule has 0 aromatic heterocycles. The molecule has 1 aromatic rings. The molecule has 0 spiro atoms. The van der Waals surface area contributed by atoms with Crippen molar-refractivity contribution in [1.29, 1.82) is 5.26 Å². The molecule has 0 amide bonds. The van der Waals surface area contributed by atoms with Crippen molar-refractivity contribution in [2.75, 3.05) is 18.5 Å². The minimum absolute atomic E-state index is 0.0000913. The monoisotopic (exact) mass is 299 g/mol. The zero-order valence-electron chi connectivity index (χ0n) is 8.81. The van der Waals surface area contributed by atoms with E-state index in [0.29, 0.717) is 17.4 Å². The van der Waals surface area contributed by atoms with E-state index in [2.05, 4.69) is 21.2 Å². The number of rotatable bonds is 5. The van der Waals surface area contributed by atoms with Crippen molar-refractivity contribution < 1.29 is 10.0 Å². The molecule has 7 heteroatoms. The van der Waals surface area contributed by atoms with Gasteiger partial charge in [-0.1, -0.05) is 15.9 Å². The van der Waals surface area contributed by atoms with Crippen molar-refractivity contribution in [3.8, 4) is 6.07 Å². The zero-order chi connectivity index (χ0) is 12.8. The highest BCUT2D eigenvalue weighted by Gasteiger charge is 2.20. The summed E-state index contributed by atoms with van der Waals surface area (Å²) in [4.78, 5) is 10.3. The van der Waals surface area contributed by atoms with E-state index in [1.54, 1.807) is 6.07 Å². The number of nitro groups is 1. The molecule has 1 aromatic carbocycles. The molecule has 90 valence electrons. The summed E-state index contributed by atoms with van der Waals surface area (Å²) >= 11 is 3.18. The van der Waals surface area contributed by atoms with Crippen molar-refractivity contribution >= 4 is 27.3 Å². The van der Waals surface area contributed by atoms with Crippen LogP contribution < -0.4 is 5.32 Å². The van der Waals surface area contributed by atoms with E-state index in [1.807, 2.05) is 0 Å². The Morgan fingerprint density at radius 2 is 2.29 bits per heavy atom. The fraction of sp³-hybridized carbons (Fsp3) is 0.300. The van der Waals surface area contributed by atoms with Crippen molar-refractivity contribution in [3.63, 3.8) is 0 Å². The number of nitrogens with zero attached hydrogens (tertiary/aromatic N) is 2. The largest absolute Gasteiger partial charge is 0.396 e. The lowest BCUT2D eigenvalue weighted by atomic mass is 10.1. The molecule has 0 saturated heterocycles. The molecule has 0 bridgehead atoms. The lowest BCUT2D eigenvalue weighted by molar-refractivity contribution is -0.384. The molecular weight excluding hydrogens is 290 g/mol. The van der Waals surface area contributed by atoms with Gasteiger partial charge in [0.05, 0.1) is 4.92 Å². The Morgan fingerprint density at radius 3 is 2.82 bits per heavy atom. The summed E-state index contributed by atoms with van der Waals surface area (Å²) in [7, 11) is 0. The van der Waals surface area contributed by atoms with Crippen LogP contribution in [-0.2, 0) is 0 Å². The van der Waals surface area contributed by atoms with Gasteiger partial charge in [0.15, 0.2) is 0 Å². The summed E-state index contributed by atoms with van der Waals surface area (Å²) in [5.74, 6) is 0. The Labute approximate surface area is 106 Å². The number of nitro benzene ring substituents is 1. The minimum Gasteiger partial charge on any atom is -0.396 e. The van der Waals surface area contributed by atoms with Crippen LogP contribution in [0.15, 0.2) is 16.6 Å². The maximum Gasteiger partial charge on any atom is 0.310 e. The van der Waals surface area contributed by atoms with Crippen LogP contribution in [-0.4, -0.2) is 23.2 Å². The average Bonchev–Trinajstić information content (AvgIpc) is 2.28. The van der Waals surface area contributed by atoms with E-state index < -0.39 is 4.92 Å². The number of benzene rings is 1. The van der Waals surface area contributed by atoms with Gasteiger partial charge in [0, 0.05) is 17.6 Å². The highest BCUT2D eigenvalue weighted by molar-refractivity contribution is 9.10. The topological polar surface area (TPSA) is 99.2 Å². The van der Waals surface area contributed by atoms with Gasteiger partial charge in [-0.2, -0.15) is 5.26 Å². The molecule has 0 radical (unpaired) electrons. The van der Waals surface area contributed by atoms with E-state index in [4.69, 9.17) is 10.4 Å². The number of hydrogen-bond acceptors (Lipinski definition) is 5. The number of nitriles is 1. The molecule has 1 rings (SSSR count). The Balaban J connectivity index is 3.13. The van der Waals surface area contributed by atoms with Crippen molar-refractivity contribution in [3.05, 3.63) is 32.3 Å². The second-order valence-electron chi connectivity index (χ2n) is 3.22. The van der Waals surface area contributed by atoms with Crippen LogP contribution in [0.25, 0.3) is 0 Å². The molecule has 0 unspecified atom stereocenters. The first-order valence-corrected chi connectivity index (χ1v) is 5.62. The number of aliphatic hydroxyl groups excluding tert-OH is 1.